The van der Waals surface area contributed by atoms with Crippen LogP contribution in [0.5, 0.6) is 0 Å². The molecule has 0 amide bonds. The van der Waals surface area contributed by atoms with Crippen LogP contribution in [-0.4, -0.2) is 36.5 Å². The van der Waals surface area contributed by atoms with Gasteiger partial charge in [0, 0.05) is 11.4 Å². The molecule has 4 heteroatoms. The Kier molecular flexibility index (Phi) is 4.78. The van der Waals surface area contributed by atoms with Crippen LogP contribution in [0.1, 0.15) is 5.69 Å². The second kappa shape index (κ2) is 5.63. The Morgan fingerprint density at radius 3 is 2.43 bits per heavy atom. The maximum Gasteiger partial charge on any atom is 0.0961 e. The van der Waals surface area contributed by atoms with Gasteiger partial charge in [0.05, 0.1) is 10.7 Å². The second-order valence-electron chi connectivity index (χ2n) is 3.24. The van der Waals surface area contributed by atoms with E-state index in [1.165, 1.54) is 10.6 Å². The van der Waals surface area contributed by atoms with Crippen molar-refractivity contribution in [1.29, 1.82) is 0 Å². The maximum atomic E-state index is 4.60. The lowest BCUT2D eigenvalue weighted by atomic mass is 10.3. The van der Waals surface area contributed by atoms with Crippen molar-refractivity contribution in [3.63, 3.8) is 0 Å². The van der Waals surface area contributed by atoms with E-state index in [4.69, 9.17) is 0 Å². The van der Waals surface area contributed by atoms with Crippen molar-refractivity contribution in [2.24, 2.45) is 0 Å². The van der Waals surface area contributed by atoms with Crippen LogP contribution < -0.4 is 0 Å². The van der Waals surface area contributed by atoms with Crippen LogP contribution in [0.25, 0.3) is 0 Å². The number of hydrogen-bond acceptors (Lipinski definition) is 4. The summed E-state index contributed by atoms with van der Waals surface area (Å²) in [4.78, 5) is 8.02. The van der Waals surface area contributed by atoms with E-state index in [0.29, 0.717) is 0 Å². The van der Waals surface area contributed by atoms with Crippen LogP contribution in [0.3, 0.4) is 0 Å². The molecule has 0 aliphatic carbocycles. The fourth-order valence-electron chi connectivity index (χ4n) is 1.18. The molecule has 0 fully saturated rings. The zero-order valence-corrected chi connectivity index (χ0v) is 10.7. The molecule has 0 N–H and O–H groups in total. The minimum atomic E-state index is 0.907. The molecule has 0 aromatic carbocycles. The third-order valence-corrected chi connectivity index (χ3v) is 3.26. The van der Waals surface area contributed by atoms with Gasteiger partial charge in [-0.25, -0.2) is 4.98 Å². The summed E-state index contributed by atoms with van der Waals surface area (Å²) in [6, 6.07) is 4.23. The van der Waals surface area contributed by atoms with Gasteiger partial charge in [-0.3, -0.25) is 0 Å². The SMILES string of the molecule is CSc1ccc(SC)c(CN(C)C)n1. The Balaban J connectivity index is 2.96. The molecule has 14 heavy (non-hydrogen) atoms. The Hall–Kier alpha value is -0.190. The van der Waals surface area contributed by atoms with Crippen molar-refractivity contribution in [2.45, 2.75) is 16.5 Å². The molecular formula is C10H16N2S2. The van der Waals surface area contributed by atoms with E-state index in [1.54, 1.807) is 23.5 Å². The lowest BCUT2D eigenvalue weighted by molar-refractivity contribution is 0.391. The highest BCUT2D eigenvalue weighted by Crippen LogP contribution is 2.22. The summed E-state index contributed by atoms with van der Waals surface area (Å²) in [6.45, 7) is 0.907. The number of hydrogen-bond donors (Lipinski definition) is 0. The molecule has 0 bridgehead atoms. The van der Waals surface area contributed by atoms with Crippen molar-refractivity contribution < 1.29 is 0 Å². The van der Waals surface area contributed by atoms with Crippen LogP contribution in [0, 0.1) is 0 Å². The van der Waals surface area contributed by atoms with Crippen LogP contribution in [0.4, 0.5) is 0 Å². The number of rotatable bonds is 4. The first-order valence-corrected chi connectivity index (χ1v) is 6.85. The highest BCUT2D eigenvalue weighted by molar-refractivity contribution is 7.99. The fourth-order valence-corrected chi connectivity index (χ4v) is 2.14. The van der Waals surface area contributed by atoms with Gasteiger partial charge in [-0.1, -0.05) is 0 Å². The summed E-state index contributed by atoms with van der Waals surface area (Å²) in [6.07, 6.45) is 4.15. The van der Waals surface area contributed by atoms with E-state index in [0.717, 1.165) is 11.6 Å². The van der Waals surface area contributed by atoms with Gasteiger partial charge in [0.2, 0.25) is 0 Å². The molecule has 0 radical (unpaired) electrons. The molecule has 0 saturated heterocycles. The largest absolute Gasteiger partial charge is 0.304 e. The van der Waals surface area contributed by atoms with Gasteiger partial charge in [-0.2, -0.15) is 0 Å². The van der Waals surface area contributed by atoms with Crippen LogP contribution in [-0.2, 0) is 6.54 Å². The van der Waals surface area contributed by atoms with Crippen molar-refractivity contribution >= 4 is 23.5 Å². The Morgan fingerprint density at radius 1 is 1.21 bits per heavy atom. The smallest absolute Gasteiger partial charge is 0.0961 e. The molecule has 0 aliphatic rings. The zero-order chi connectivity index (χ0) is 10.6. The average Bonchev–Trinajstić information content (AvgIpc) is 2.16. The van der Waals surface area contributed by atoms with Crippen molar-refractivity contribution in [3.8, 4) is 0 Å². The van der Waals surface area contributed by atoms with E-state index in [2.05, 4.69) is 48.6 Å². The summed E-state index contributed by atoms with van der Waals surface area (Å²) in [7, 11) is 4.13. The highest BCUT2D eigenvalue weighted by atomic mass is 32.2. The minimum Gasteiger partial charge on any atom is -0.304 e. The molecule has 78 valence electrons. The highest BCUT2D eigenvalue weighted by Gasteiger charge is 2.05. The molecule has 0 spiro atoms. The molecule has 2 nitrogen and oxygen atoms in total. The van der Waals surface area contributed by atoms with Gasteiger partial charge in [-0.05, 0) is 38.7 Å². The predicted molar refractivity (Wildman–Crippen MR) is 65.2 cm³/mol. The topological polar surface area (TPSA) is 16.1 Å². The molecule has 1 rings (SSSR count). The van der Waals surface area contributed by atoms with Crippen LogP contribution in [0.15, 0.2) is 22.1 Å². The van der Waals surface area contributed by atoms with E-state index in [-0.39, 0.29) is 0 Å². The Morgan fingerprint density at radius 2 is 1.93 bits per heavy atom. The maximum absolute atomic E-state index is 4.60. The van der Waals surface area contributed by atoms with E-state index in [9.17, 15) is 0 Å². The van der Waals surface area contributed by atoms with Gasteiger partial charge in [-0.15, -0.1) is 23.5 Å². The number of nitrogens with zero attached hydrogens (tertiary/aromatic N) is 2. The average molecular weight is 228 g/mol. The lowest BCUT2D eigenvalue weighted by Gasteiger charge is -2.12. The first-order valence-electron chi connectivity index (χ1n) is 4.40. The summed E-state index contributed by atoms with van der Waals surface area (Å²) in [5, 5.41) is 1.10. The molecule has 0 atom stereocenters. The molecule has 1 aromatic heterocycles. The third kappa shape index (κ3) is 3.19. The summed E-state index contributed by atoms with van der Waals surface area (Å²) in [5.41, 5.74) is 1.18. The van der Waals surface area contributed by atoms with E-state index < -0.39 is 0 Å². The quantitative estimate of drug-likeness (QED) is 0.736. The van der Waals surface area contributed by atoms with E-state index in [1.807, 2.05) is 0 Å². The van der Waals surface area contributed by atoms with Crippen molar-refractivity contribution in [2.75, 3.05) is 26.6 Å². The Bertz CT molecular complexity index is 300. The van der Waals surface area contributed by atoms with E-state index >= 15 is 0 Å². The molecule has 1 aromatic rings. The standard InChI is InChI=1S/C10H16N2S2/c1-12(2)7-8-9(13-3)5-6-10(11-8)14-4/h5-6H,7H2,1-4H3. The number of thioether (sulfide) groups is 2. The van der Waals surface area contributed by atoms with Crippen LogP contribution >= 0.6 is 23.5 Å². The summed E-state index contributed by atoms with van der Waals surface area (Å²) >= 11 is 3.45. The summed E-state index contributed by atoms with van der Waals surface area (Å²) in [5.74, 6) is 0. The fraction of sp³-hybridized carbons (Fsp3) is 0.500. The minimum absolute atomic E-state index is 0.907. The molecule has 0 saturated carbocycles. The van der Waals surface area contributed by atoms with Gasteiger partial charge in [0.1, 0.15) is 0 Å². The van der Waals surface area contributed by atoms with Gasteiger partial charge in [0.25, 0.3) is 0 Å². The van der Waals surface area contributed by atoms with Crippen molar-refractivity contribution in [3.05, 3.63) is 17.8 Å². The normalized spacial score (nSPS) is 10.9. The predicted octanol–water partition coefficient (Wildman–Crippen LogP) is 2.59. The number of pyridine rings is 1. The zero-order valence-electron chi connectivity index (χ0n) is 9.07. The monoisotopic (exact) mass is 228 g/mol. The molecular weight excluding hydrogens is 212 g/mol. The van der Waals surface area contributed by atoms with Crippen LogP contribution in [0.2, 0.25) is 0 Å². The third-order valence-electron chi connectivity index (χ3n) is 1.80. The molecule has 0 unspecified atom stereocenters. The van der Waals surface area contributed by atoms with Crippen molar-refractivity contribution in [1.82, 2.24) is 9.88 Å². The van der Waals surface area contributed by atoms with Gasteiger partial charge in [0.15, 0.2) is 0 Å². The Labute approximate surface area is 94.5 Å². The first-order chi connectivity index (χ1) is 6.67. The lowest BCUT2D eigenvalue weighted by Crippen LogP contribution is -2.12. The first kappa shape index (κ1) is 11.9. The molecule has 1 heterocycles. The number of aromatic nitrogens is 1. The van der Waals surface area contributed by atoms with Gasteiger partial charge < -0.3 is 4.90 Å². The second-order valence-corrected chi connectivity index (χ2v) is 4.91. The summed E-state index contributed by atoms with van der Waals surface area (Å²) < 4.78 is 0. The molecule has 0 aliphatic heterocycles. The van der Waals surface area contributed by atoms with Gasteiger partial charge >= 0.3 is 0 Å².